The van der Waals surface area contributed by atoms with Crippen molar-refractivity contribution < 1.29 is 37.3 Å². The molecule has 0 spiro atoms. The summed E-state index contributed by atoms with van der Waals surface area (Å²) < 4.78 is 48.3. The number of amides is 1. The summed E-state index contributed by atoms with van der Waals surface area (Å²) >= 11 is 0. The van der Waals surface area contributed by atoms with E-state index in [9.17, 15) is 27.9 Å². The third-order valence-corrected chi connectivity index (χ3v) is 3.22. The number of ether oxygens (including phenoxy) is 2. The number of carbonyl (C=O) groups excluding carboxylic acids is 2. The maximum atomic E-state index is 12.9. The van der Waals surface area contributed by atoms with Crippen LogP contribution in [-0.2, 0) is 9.53 Å². The van der Waals surface area contributed by atoms with Crippen molar-refractivity contribution in [3.05, 3.63) is 36.4 Å². The number of halogens is 3. The number of benzene rings is 1. The van der Waals surface area contributed by atoms with Crippen LogP contribution in [0.15, 0.2) is 30.9 Å². The Morgan fingerprint density at radius 3 is 2.48 bits per heavy atom. The molecule has 1 amide bonds. The van der Waals surface area contributed by atoms with Crippen LogP contribution < -0.4 is 9.64 Å². The molecule has 0 aliphatic carbocycles. The highest BCUT2D eigenvalue weighted by Gasteiger charge is 2.44. The van der Waals surface area contributed by atoms with Crippen molar-refractivity contribution in [2.24, 2.45) is 0 Å². The lowest BCUT2D eigenvalue weighted by Gasteiger charge is -2.27. The molecule has 1 N–H and O–H groups in total. The summed E-state index contributed by atoms with van der Waals surface area (Å²) in [4.78, 5) is 24.0. The van der Waals surface area contributed by atoms with Gasteiger partial charge in [0.1, 0.15) is 5.75 Å². The average Bonchev–Trinajstić information content (AvgIpc) is 2.57. The SMILES string of the molecule is C=CCC(O)CN(C(=O)C(F)(F)F)c1ccc(OC)cc1C(=O)OC. The summed E-state index contributed by atoms with van der Waals surface area (Å²) in [7, 11) is 2.36. The van der Waals surface area contributed by atoms with E-state index in [4.69, 9.17) is 4.74 Å². The highest BCUT2D eigenvalue weighted by atomic mass is 19.4. The first-order valence-electron chi connectivity index (χ1n) is 7.09. The summed E-state index contributed by atoms with van der Waals surface area (Å²) in [5.41, 5.74) is -0.650. The van der Waals surface area contributed by atoms with E-state index < -0.39 is 30.7 Å². The maximum absolute atomic E-state index is 12.9. The third-order valence-electron chi connectivity index (χ3n) is 3.22. The Morgan fingerprint density at radius 2 is 2.00 bits per heavy atom. The van der Waals surface area contributed by atoms with Crippen molar-refractivity contribution >= 4 is 17.6 Å². The van der Waals surface area contributed by atoms with Gasteiger partial charge in [0.2, 0.25) is 0 Å². The van der Waals surface area contributed by atoms with E-state index in [1.165, 1.54) is 19.3 Å². The smallest absolute Gasteiger partial charge is 0.471 e. The van der Waals surface area contributed by atoms with Gasteiger partial charge >= 0.3 is 18.1 Å². The number of esters is 1. The maximum Gasteiger partial charge on any atom is 0.471 e. The van der Waals surface area contributed by atoms with Gasteiger partial charge in [0.25, 0.3) is 0 Å². The number of aliphatic hydroxyl groups is 1. The van der Waals surface area contributed by atoms with Gasteiger partial charge in [-0.1, -0.05) is 6.08 Å². The van der Waals surface area contributed by atoms with E-state index in [-0.39, 0.29) is 23.4 Å². The highest BCUT2D eigenvalue weighted by molar-refractivity contribution is 6.04. The summed E-state index contributed by atoms with van der Waals surface area (Å²) in [6, 6.07) is 3.56. The standard InChI is InChI=1S/C16H18F3NO5/c1-4-5-10(21)9-20(15(23)16(17,18)19)13-7-6-11(24-2)8-12(13)14(22)25-3/h4,6-8,10,21H,1,5,9H2,2-3H3. The number of aliphatic hydroxyl groups excluding tert-OH is 1. The molecule has 0 saturated heterocycles. The molecule has 0 bridgehead atoms. The monoisotopic (exact) mass is 361 g/mol. The number of methoxy groups -OCH3 is 2. The van der Waals surface area contributed by atoms with Gasteiger partial charge in [-0.05, 0) is 24.6 Å². The molecule has 1 aromatic carbocycles. The largest absolute Gasteiger partial charge is 0.497 e. The van der Waals surface area contributed by atoms with Gasteiger partial charge < -0.3 is 19.5 Å². The molecule has 25 heavy (non-hydrogen) atoms. The van der Waals surface area contributed by atoms with Gasteiger partial charge in [-0.3, -0.25) is 4.79 Å². The fourth-order valence-corrected chi connectivity index (χ4v) is 2.07. The summed E-state index contributed by atoms with van der Waals surface area (Å²) in [5, 5.41) is 9.81. The van der Waals surface area contributed by atoms with E-state index in [0.29, 0.717) is 4.90 Å². The van der Waals surface area contributed by atoms with Crippen LogP contribution in [-0.4, -0.2) is 50.0 Å². The normalized spacial score (nSPS) is 12.2. The molecular weight excluding hydrogens is 343 g/mol. The van der Waals surface area contributed by atoms with Crippen LogP contribution in [0, 0.1) is 0 Å². The Labute approximate surface area is 142 Å². The molecule has 0 aliphatic rings. The molecule has 1 atom stereocenters. The molecule has 0 aromatic heterocycles. The van der Waals surface area contributed by atoms with E-state index in [2.05, 4.69) is 11.3 Å². The van der Waals surface area contributed by atoms with Crippen LogP contribution >= 0.6 is 0 Å². The molecule has 138 valence electrons. The third kappa shape index (κ3) is 5.21. The van der Waals surface area contributed by atoms with Crippen LogP contribution in [0.4, 0.5) is 18.9 Å². The quantitative estimate of drug-likeness (QED) is 0.596. The van der Waals surface area contributed by atoms with Crippen LogP contribution in [0.1, 0.15) is 16.8 Å². The molecule has 0 radical (unpaired) electrons. The van der Waals surface area contributed by atoms with Crippen LogP contribution in [0.5, 0.6) is 5.75 Å². The molecular formula is C16H18F3NO5. The second-order valence-electron chi connectivity index (χ2n) is 4.97. The van der Waals surface area contributed by atoms with E-state index in [0.717, 1.165) is 19.2 Å². The zero-order valence-electron chi connectivity index (χ0n) is 13.7. The lowest BCUT2D eigenvalue weighted by Crippen LogP contribution is -2.45. The first kappa shape index (κ1) is 20.5. The van der Waals surface area contributed by atoms with Crippen molar-refractivity contribution in [1.82, 2.24) is 0 Å². The number of nitrogens with zero attached hydrogens (tertiary/aromatic N) is 1. The minimum absolute atomic E-state index is 0.0364. The Bertz CT molecular complexity index is 645. The molecule has 0 fully saturated rings. The van der Waals surface area contributed by atoms with E-state index in [1.54, 1.807) is 0 Å². The summed E-state index contributed by atoms with van der Waals surface area (Å²) in [6.07, 6.45) is -5.22. The Morgan fingerprint density at radius 1 is 1.36 bits per heavy atom. The Kier molecular flexibility index (Phi) is 6.98. The molecule has 0 aliphatic heterocycles. The number of carbonyl (C=O) groups is 2. The van der Waals surface area contributed by atoms with E-state index >= 15 is 0 Å². The van der Waals surface area contributed by atoms with Crippen LogP contribution in [0.3, 0.4) is 0 Å². The lowest BCUT2D eigenvalue weighted by atomic mass is 10.1. The number of hydrogen-bond acceptors (Lipinski definition) is 5. The summed E-state index contributed by atoms with van der Waals surface area (Å²) in [6.45, 7) is 2.70. The number of hydrogen-bond donors (Lipinski definition) is 1. The zero-order valence-corrected chi connectivity index (χ0v) is 13.7. The van der Waals surface area contributed by atoms with Crippen LogP contribution in [0.25, 0.3) is 0 Å². The fraction of sp³-hybridized carbons (Fsp3) is 0.375. The van der Waals surface area contributed by atoms with Gasteiger partial charge in [-0.2, -0.15) is 13.2 Å². The average molecular weight is 361 g/mol. The topological polar surface area (TPSA) is 76.1 Å². The molecule has 6 nitrogen and oxygen atoms in total. The first-order valence-corrected chi connectivity index (χ1v) is 7.09. The van der Waals surface area contributed by atoms with E-state index in [1.807, 2.05) is 0 Å². The zero-order chi connectivity index (χ0) is 19.2. The minimum atomic E-state index is -5.19. The van der Waals surface area contributed by atoms with Gasteiger partial charge in [0.15, 0.2) is 0 Å². The molecule has 1 unspecified atom stereocenters. The first-order chi connectivity index (χ1) is 11.6. The van der Waals surface area contributed by atoms with Crippen LogP contribution in [0.2, 0.25) is 0 Å². The van der Waals surface area contributed by atoms with Gasteiger partial charge in [0.05, 0.1) is 38.1 Å². The second-order valence-corrected chi connectivity index (χ2v) is 4.97. The van der Waals surface area contributed by atoms with Gasteiger partial charge in [-0.15, -0.1) is 6.58 Å². The molecule has 1 rings (SSSR count). The number of alkyl halides is 3. The van der Waals surface area contributed by atoms with Gasteiger partial charge in [-0.25, -0.2) is 4.79 Å². The number of rotatable bonds is 7. The molecule has 0 heterocycles. The second kappa shape index (κ2) is 8.52. The molecule has 0 saturated carbocycles. The Hall–Kier alpha value is -2.55. The molecule has 9 heteroatoms. The van der Waals surface area contributed by atoms with Crippen molar-refractivity contribution in [3.8, 4) is 5.75 Å². The minimum Gasteiger partial charge on any atom is -0.497 e. The predicted octanol–water partition coefficient (Wildman–Crippen LogP) is 2.31. The molecule has 1 aromatic rings. The van der Waals surface area contributed by atoms with Crippen molar-refractivity contribution in [2.75, 3.05) is 25.7 Å². The Balaban J connectivity index is 3.45. The number of anilines is 1. The summed E-state index contributed by atoms with van der Waals surface area (Å²) in [5.74, 6) is -2.98. The predicted molar refractivity (Wildman–Crippen MR) is 83.6 cm³/mol. The fourth-order valence-electron chi connectivity index (χ4n) is 2.07. The van der Waals surface area contributed by atoms with Crippen molar-refractivity contribution in [1.29, 1.82) is 0 Å². The van der Waals surface area contributed by atoms with Crippen molar-refractivity contribution in [3.63, 3.8) is 0 Å². The lowest BCUT2D eigenvalue weighted by molar-refractivity contribution is -0.170. The highest BCUT2D eigenvalue weighted by Crippen LogP contribution is 2.30. The van der Waals surface area contributed by atoms with Crippen molar-refractivity contribution in [2.45, 2.75) is 18.7 Å². The van der Waals surface area contributed by atoms with Gasteiger partial charge in [0, 0.05) is 0 Å².